The maximum atomic E-state index is 13.3. The molecule has 4 heteroatoms. The van der Waals surface area contributed by atoms with Gasteiger partial charge in [-0.05, 0) is 30.5 Å². The molecule has 0 unspecified atom stereocenters. The quantitative estimate of drug-likeness (QED) is 0.826. The standard InChI is InChI=1S/C15H21FN2O/c16-14-3-2-13-4-7-18(15(13)12-14)6-1-5-17-8-10-19-11-9-17/h2-3,12H,1,4-11H2. The third kappa shape index (κ3) is 3.07. The molecule has 19 heavy (non-hydrogen) atoms. The first-order valence-electron chi connectivity index (χ1n) is 7.16. The second kappa shape index (κ2) is 5.88. The molecule has 3 rings (SSSR count). The second-order valence-corrected chi connectivity index (χ2v) is 5.32. The van der Waals surface area contributed by atoms with Gasteiger partial charge in [0.1, 0.15) is 5.82 Å². The van der Waals surface area contributed by atoms with Crippen molar-refractivity contribution in [1.82, 2.24) is 4.90 Å². The molecule has 0 saturated carbocycles. The Morgan fingerprint density at radius 2 is 1.95 bits per heavy atom. The number of morpholine rings is 1. The van der Waals surface area contributed by atoms with Crippen LogP contribution in [0.15, 0.2) is 18.2 Å². The summed E-state index contributed by atoms with van der Waals surface area (Å²) in [5, 5.41) is 0. The Balaban J connectivity index is 1.50. The van der Waals surface area contributed by atoms with E-state index in [1.165, 1.54) is 5.56 Å². The van der Waals surface area contributed by atoms with Crippen molar-refractivity contribution >= 4 is 5.69 Å². The van der Waals surface area contributed by atoms with E-state index < -0.39 is 0 Å². The summed E-state index contributed by atoms with van der Waals surface area (Å²) in [5.41, 5.74) is 2.38. The summed E-state index contributed by atoms with van der Waals surface area (Å²) in [6.07, 6.45) is 2.18. The van der Waals surface area contributed by atoms with E-state index >= 15 is 0 Å². The smallest absolute Gasteiger partial charge is 0.125 e. The van der Waals surface area contributed by atoms with Gasteiger partial charge in [-0.25, -0.2) is 4.39 Å². The number of halogens is 1. The van der Waals surface area contributed by atoms with Crippen LogP contribution in [0.3, 0.4) is 0 Å². The zero-order chi connectivity index (χ0) is 13.1. The van der Waals surface area contributed by atoms with Crippen LogP contribution in [0.2, 0.25) is 0 Å². The van der Waals surface area contributed by atoms with E-state index in [1.807, 2.05) is 6.07 Å². The highest BCUT2D eigenvalue weighted by atomic mass is 19.1. The van der Waals surface area contributed by atoms with Crippen molar-refractivity contribution < 1.29 is 9.13 Å². The normalized spacial score (nSPS) is 19.7. The minimum absolute atomic E-state index is 0.126. The Labute approximate surface area is 114 Å². The molecular formula is C15H21FN2O. The van der Waals surface area contributed by atoms with Crippen LogP contribution in [0.4, 0.5) is 10.1 Å². The number of benzene rings is 1. The van der Waals surface area contributed by atoms with Crippen molar-refractivity contribution in [2.45, 2.75) is 12.8 Å². The summed E-state index contributed by atoms with van der Waals surface area (Å²) in [5.74, 6) is -0.126. The van der Waals surface area contributed by atoms with E-state index in [0.29, 0.717) is 0 Å². The minimum atomic E-state index is -0.126. The van der Waals surface area contributed by atoms with Crippen molar-refractivity contribution in [3.63, 3.8) is 0 Å². The van der Waals surface area contributed by atoms with Crippen LogP contribution >= 0.6 is 0 Å². The maximum Gasteiger partial charge on any atom is 0.125 e. The first-order chi connectivity index (χ1) is 9.33. The third-order valence-electron chi connectivity index (χ3n) is 4.05. The lowest BCUT2D eigenvalue weighted by Crippen LogP contribution is -2.38. The lowest BCUT2D eigenvalue weighted by atomic mass is 10.2. The van der Waals surface area contributed by atoms with Crippen molar-refractivity contribution in [3.8, 4) is 0 Å². The largest absolute Gasteiger partial charge is 0.379 e. The Morgan fingerprint density at radius 1 is 1.11 bits per heavy atom. The zero-order valence-electron chi connectivity index (χ0n) is 11.3. The molecule has 104 valence electrons. The molecule has 0 amide bonds. The Morgan fingerprint density at radius 3 is 2.79 bits per heavy atom. The fraction of sp³-hybridized carbons (Fsp3) is 0.600. The molecule has 0 aliphatic carbocycles. The van der Waals surface area contributed by atoms with Gasteiger partial charge in [-0.3, -0.25) is 4.90 Å². The van der Waals surface area contributed by atoms with E-state index in [4.69, 9.17) is 4.74 Å². The molecule has 0 atom stereocenters. The summed E-state index contributed by atoms with van der Waals surface area (Å²) in [7, 11) is 0. The van der Waals surface area contributed by atoms with Gasteiger partial charge in [0.15, 0.2) is 0 Å². The number of fused-ring (bicyclic) bond motifs is 1. The molecule has 1 aromatic carbocycles. The lowest BCUT2D eigenvalue weighted by Gasteiger charge is -2.27. The predicted molar refractivity (Wildman–Crippen MR) is 74.2 cm³/mol. The molecule has 0 N–H and O–H groups in total. The molecule has 2 aliphatic rings. The van der Waals surface area contributed by atoms with E-state index in [1.54, 1.807) is 12.1 Å². The summed E-state index contributed by atoms with van der Waals surface area (Å²) < 4.78 is 18.6. The van der Waals surface area contributed by atoms with Gasteiger partial charge in [0, 0.05) is 38.4 Å². The van der Waals surface area contributed by atoms with Gasteiger partial charge >= 0.3 is 0 Å². The number of rotatable bonds is 4. The van der Waals surface area contributed by atoms with Gasteiger partial charge in [0.2, 0.25) is 0 Å². The predicted octanol–water partition coefficient (Wildman–Crippen LogP) is 1.91. The van der Waals surface area contributed by atoms with Gasteiger partial charge < -0.3 is 9.64 Å². The number of hydrogen-bond acceptors (Lipinski definition) is 3. The molecule has 1 saturated heterocycles. The molecular weight excluding hydrogens is 243 g/mol. The van der Waals surface area contributed by atoms with E-state index in [-0.39, 0.29) is 5.82 Å². The van der Waals surface area contributed by atoms with Crippen LogP contribution in [0.5, 0.6) is 0 Å². The Hall–Kier alpha value is -1.13. The average molecular weight is 264 g/mol. The summed E-state index contributed by atoms with van der Waals surface area (Å²) in [6, 6.07) is 5.17. The summed E-state index contributed by atoms with van der Waals surface area (Å²) in [4.78, 5) is 4.77. The van der Waals surface area contributed by atoms with Crippen molar-refractivity contribution in [3.05, 3.63) is 29.6 Å². The third-order valence-corrected chi connectivity index (χ3v) is 4.05. The van der Waals surface area contributed by atoms with Gasteiger partial charge in [-0.1, -0.05) is 6.07 Å². The number of nitrogens with zero attached hydrogens (tertiary/aromatic N) is 2. The van der Waals surface area contributed by atoms with E-state index in [2.05, 4.69) is 9.80 Å². The van der Waals surface area contributed by atoms with Crippen LogP contribution in [-0.2, 0) is 11.2 Å². The molecule has 2 heterocycles. The SMILES string of the molecule is Fc1ccc2c(c1)N(CCCN1CCOCC1)CC2. The van der Waals surface area contributed by atoms with Crippen molar-refractivity contribution in [2.24, 2.45) is 0 Å². The van der Waals surface area contributed by atoms with Gasteiger partial charge in [0.05, 0.1) is 13.2 Å². The molecule has 0 aromatic heterocycles. The number of ether oxygens (including phenoxy) is 1. The maximum absolute atomic E-state index is 13.3. The Kier molecular flexibility index (Phi) is 3.99. The number of hydrogen-bond donors (Lipinski definition) is 0. The van der Waals surface area contributed by atoms with Crippen LogP contribution in [0.25, 0.3) is 0 Å². The minimum Gasteiger partial charge on any atom is -0.379 e. The first-order valence-corrected chi connectivity index (χ1v) is 7.16. The van der Waals surface area contributed by atoms with Crippen LogP contribution in [0, 0.1) is 5.82 Å². The molecule has 1 fully saturated rings. The summed E-state index contributed by atoms with van der Waals surface area (Å²) >= 11 is 0. The first kappa shape index (κ1) is 12.9. The van der Waals surface area contributed by atoms with Gasteiger partial charge in [-0.15, -0.1) is 0 Å². The van der Waals surface area contributed by atoms with Crippen LogP contribution in [0.1, 0.15) is 12.0 Å². The summed E-state index contributed by atoms with van der Waals surface area (Å²) in [6.45, 7) is 6.98. The van der Waals surface area contributed by atoms with E-state index in [0.717, 1.165) is 64.5 Å². The fourth-order valence-electron chi connectivity index (χ4n) is 2.96. The molecule has 1 aromatic rings. The molecule has 3 nitrogen and oxygen atoms in total. The highest BCUT2D eigenvalue weighted by molar-refractivity contribution is 5.58. The lowest BCUT2D eigenvalue weighted by molar-refractivity contribution is 0.0376. The topological polar surface area (TPSA) is 15.7 Å². The number of anilines is 1. The van der Waals surface area contributed by atoms with Crippen LogP contribution < -0.4 is 4.90 Å². The molecule has 0 spiro atoms. The Bertz CT molecular complexity index is 432. The van der Waals surface area contributed by atoms with Gasteiger partial charge in [0.25, 0.3) is 0 Å². The average Bonchev–Trinajstić information content (AvgIpc) is 2.83. The molecule has 2 aliphatic heterocycles. The van der Waals surface area contributed by atoms with Gasteiger partial charge in [-0.2, -0.15) is 0 Å². The zero-order valence-corrected chi connectivity index (χ0v) is 11.3. The van der Waals surface area contributed by atoms with Crippen molar-refractivity contribution in [2.75, 3.05) is 50.8 Å². The van der Waals surface area contributed by atoms with Crippen molar-refractivity contribution in [1.29, 1.82) is 0 Å². The highest BCUT2D eigenvalue weighted by Crippen LogP contribution is 2.28. The monoisotopic (exact) mass is 264 g/mol. The fourth-order valence-corrected chi connectivity index (χ4v) is 2.96. The highest BCUT2D eigenvalue weighted by Gasteiger charge is 2.19. The molecule has 0 bridgehead atoms. The molecule has 0 radical (unpaired) electrons. The second-order valence-electron chi connectivity index (χ2n) is 5.32. The van der Waals surface area contributed by atoms with E-state index in [9.17, 15) is 4.39 Å². The van der Waals surface area contributed by atoms with Crippen LogP contribution in [-0.4, -0.2) is 50.8 Å².